The van der Waals surface area contributed by atoms with Crippen LogP contribution in [0.5, 0.6) is 11.5 Å². The van der Waals surface area contributed by atoms with Crippen molar-refractivity contribution in [2.75, 3.05) is 19.8 Å². The molecule has 1 aromatic carbocycles. The number of rotatable bonds is 4. The predicted molar refractivity (Wildman–Crippen MR) is 78.5 cm³/mol. The number of hydrogen-bond donors (Lipinski definition) is 1. The maximum absolute atomic E-state index is 6.22. The van der Waals surface area contributed by atoms with Crippen molar-refractivity contribution in [3.05, 3.63) is 24.3 Å². The van der Waals surface area contributed by atoms with Gasteiger partial charge in [0.2, 0.25) is 0 Å². The number of hydrogen-bond acceptors (Lipinski definition) is 5. The van der Waals surface area contributed by atoms with Gasteiger partial charge in [-0.2, -0.15) is 0 Å². The van der Waals surface area contributed by atoms with E-state index in [-0.39, 0.29) is 12.1 Å². The van der Waals surface area contributed by atoms with Crippen LogP contribution in [0.4, 0.5) is 0 Å². The highest BCUT2D eigenvalue weighted by molar-refractivity contribution is 5.39. The second-order valence-corrected chi connectivity index (χ2v) is 5.55. The highest BCUT2D eigenvalue weighted by Crippen LogP contribution is 2.38. The molecule has 2 atom stereocenters. The molecule has 1 heterocycles. The Morgan fingerprint density at radius 3 is 2.67 bits per heavy atom. The van der Waals surface area contributed by atoms with Gasteiger partial charge in [0.1, 0.15) is 6.10 Å². The molecule has 3 rings (SSSR count). The van der Waals surface area contributed by atoms with Gasteiger partial charge in [-0.25, -0.2) is 0 Å². The minimum Gasteiger partial charge on any atom is -0.490 e. The van der Waals surface area contributed by atoms with Crippen molar-refractivity contribution >= 4 is 0 Å². The average molecular weight is 293 g/mol. The van der Waals surface area contributed by atoms with Gasteiger partial charge in [0.05, 0.1) is 19.8 Å². The molecule has 1 aliphatic heterocycles. The van der Waals surface area contributed by atoms with E-state index in [0.29, 0.717) is 26.2 Å². The summed E-state index contributed by atoms with van der Waals surface area (Å²) in [6, 6.07) is 7.67. The molecule has 0 aromatic heterocycles. The molecular formula is C16H23NO4. The fourth-order valence-corrected chi connectivity index (χ4v) is 3.01. The Morgan fingerprint density at radius 1 is 1.24 bits per heavy atom. The maximum atomic E-state index is 6.22. The molecule has 0 bridgehead atoms. The molecule has 1 saturated heterocycles. The summed E-state index contributed by atoms with van der Waals surface area (Å²) in [7, 11) is 0. The SMILES string of the molecule is CCOc1ccccc1OC1CC2(CCC1N)OCCO2. The first-order valence-electron chi connectivity index (χ1n) is 7.64. The summed E-state index contributed by atoms with van der Waals surface area (Å²) in [6.07, 6.45) is 2.20. The van der Waals surface area contributed by atoms with E-state index in [0.717, 1.165) is 24.3 Å². The van der Waals surface area contributed by atoms with Crippen LogP contribution in [0.2, 0.25) is 0 Å². The Kier molecular flexibility index (Phi) is 4.33. The lowest BCUT2D eigenvalue weighted by Crippen LogP contribution is -2.51. The average Bonchev–Trinajstić information content (AvgIpc) is 2.94. The van der Waals surface area contributed by atoms with E-state index in [9.17, 15) is 0 Å². The molecule has 1 saturated carbocycles. The Balaban J connectivity index is 1.73. The summed E-state index contributed by atoms with van der Waals surface area (Å²) in [6.45, 7) is 3.86. The lowest BCUT2D eigenvalue weighted by Gasteiger charge is -2.39. The van der Waals surface area contributed by atoms with Gasteiger partial charge in [-0.1, -0.05) is 12.1 Å². The first-order valence-corrected chi connectivity index (χ1v) is 7.64. The van der Waals surface area contributed by atoms with E-state index in [4.69, 9.17) is 24.7 Å². The summed E-state index contributed by atoms with van der Waals surface area (Å²) in [5, 5.41) is 0. The van der Waals surface area contributed by atoms with Gasteiger partial charge in [-0.3, -0.25) is 0 Å². The zero-order chi connectivity index (χ0) is 14.7. The van der Waals surface area contributed by atoms with Crippen molar-refractivity contribution < 1.29 is 18.9 Å². The fourth-order valence-electron chi connectivity index (χ4n) is 3.01. The summed E-state index contributed by atoms with van der Waals surface area (Å²) in [5.74, 6) is 0.983. The highest BCUT2D eigenvalue weighted by Gasteiger charge is 2.45. The Bertz CT molecular complexity index is 473. The van der Waals surface area contributed by atoms with Crippen LogP contribution < -0.4 is 15.2 Å². The molecular weight excluding hydrogens is 270 g/mol. The van der Waals surface area contributed by atoms with Crippen molar-refractivity contribution in [1.29, 1.82) is 0 Å². The first-order chi connectivity index (χ1) is 10.2. The minimum absolute atomic E-state index is 0.0156. The third kappa shape index (κ3) is 3.15. The number of benzene rings is 1. The molecule has 2 fully saturated rings. The molecule has 1 aliphatic carbocycles. The largest absolute Gasteiger partial charge is 0.490 e. The standard InChI is InChI=1S/C16H23NO4/c1-2-18-13-5-3-4-6-14(13)21-15-11-16(8-7-12(15)17)19-9-10-20-16/h3-6,12,15H,2,7-11,17H2,1H3. The van der Waals surface area contributed by atoms with Crippen LogP contribution in [-0.4, -0.2) is 37.8 Å². The molecule has 1 spiro atoms. The Labute approximate surface area is 125 Å². The molecule has 116 valence electrons. The van der Waals surface area contributed by atoms with Crippen LogP contribution in [0.1, 0.15) is 26.2 Å². The van der Waals surface area contributed by atoms with Crippen LogP contribution >= 0.6 is 0 Å². The minimum atomic E-state index is -0.499. The lowest BCUT2D eigenvalue weighted by atomic mass is 9.88. The second-order valence-electron chi connectivity index (χ2n) is 5.55. The van der Waals surface area contributed by atoms with Crippen molar-refractivity contribution in [2.24, 2.45) is 5.73 Å². The molecule has 0 amide bonds. The van der Waals surface area contributed by atoms with E-state index in [2.05, 4.69) is 0 Å². The van der Waals surface area contributed by atoms with Gasteiger partial charge in [0.15, 0.2) is 17.3 Å². The molecule has 0 radical (unpaired) electrons. The van der Waals surface area contributed by atoms with E-state index in [1.165, 1.54) is 0 Å². The summed E-state index contributed by atoms with van der Waals surface area (Å²) >= 11 is 0. The lowest BCUT2D eigenvalue weighted by molar-refractivity contribution is -0.195. The van der Waals surface area contributed by atoms with Gasteiger partial charge in [-0.15, -0.1) is 0 Å². The van der Waals surface area contributed by atoms with Gasteiger partial charge in [0, 0.05) is 18.9 Å². The van der Waals surface area contributed by atoms with Crippen molar-refractivity contribution in [3.63, 3.8) is 0 Å². The fraction of sp³-hybridized carbons (Fsp3) is 0.625. The zero-order valence-corrected chi connectivity index (χ0v) is 12.4. The summed E-state index contributed by atoms with van der Waals surface area (Å²) in [4.78, 5) is 0. The van der Waals surface area contributed by atoms with Crippen LogP contribution in [0, 0.1) is 0 Å². The van der Waals surface area contributed by atoms with E-state index in [1.807, 2.05) is 31.2 Å². The second kappa shape index (κ2) is 6.22. The third-order valence-corrected chi connectivity index (χ3v) is 4.09. The molecule has 2 N–H and O–H groups in total. The highest BCUT2D eigenvalue weighted by atomic mass is 16.7. The maximum Gasteiger partial charge on any atom is 0.172 e. The van der Waals surface area contributed by atoms with Crippen molar-refractivity contribution in [1.82, 2.24) is 0 Å². The van der Waals surface area contributed by atoms with Crippen molar-refractivity contribution in [2.45, 2.75) is 44.1 Å². The smallest absolute Gasteiger partial charge is 0.172 e. The van der Waals surface area contributed by atoms with E-state index >= 15 is 0 Å². The monoisotopic (exact) mass is 293 g/mol. The number of para-hydroxylation sites is 2. The van der Waals surface area contributed by atoms with Crippen LogP contribution in [0.25, 0.3) is 0 Å². The Hall–Kier alpha value is -1.30. The predicted octanol–water partition coefficient (Wildman–Crippen LogP) is 2.09. The van der Waals surface area contributed by atoms with Gasteiger partial charge >= 0.3 is 0 Å². The molecule has 5 heteroatoms. The van der Waals surface area contributed by atoms with Gasteiger partial charge in [-0.05, 0) is 25.5 Å². The molecule has 21 heavy (non-hydrogen) atoms. The number of ether oxygens (including phenoxy) is 4. The zero-order valence-electron chi connectivity index (χ0n) is 12.4. The third-order valence-electron chi connectivity index (χ3n) is 4.09. The molecule has 5 nitrogen and oxygen atoms in total. The topological polar surface area (TPSA) is 62.9 Å². The quantitative estimate of drug-likeness (QED) is 0.921. The van der Waals surface area contributed by atoms with Crippen LogP contribution in [0.3, 0.4) is 0 Å². The number of nitrogens with two attached hydrogens (primary N) is 1. The van der Waals surface area contributed by atoms with Crippen LogP contribution in [-0.2, 0) is 9.47 Å². The van der Waals surface area contributed by atoms with Crippen molar-refractivity contribution in [3.8, 4) is 11.5 Å². The summed E-state index contributed by atoms with van der Waals surface area (Å²) < 4.78 is 23.3. The molecule has 1 aromatic rings. The first kappa shape index (κ1) is 14.6. The van der Waals surface area contributed by atoms with Gasteiger partial charge in [0.25, 0.3) is 0 Å². The summed E-state index contributed by atoms with van der Waals surface area (Å²) in [5.41, 5.74) is 6.22. The van der Waals surface area contributed by atoms with E-state index in [1.54, 1.807) is 0 Å². The van der Waals surface area contributed by atoms with Crippen LogP contribution in [0.15, 0.2) is 24.3 Å². The molecule has 2 unspecified atom stereocenters. The van der Waals surface area contributed by atoms with E-state index < -0.39 is 5.79 Å². The normalized spacial score (nSPS) is 27.7. The Morgan fingerprint density at radius 2 is 1.95 bits per heavy atom. The van der Waals surface area contributed by atoms with Gasteiger partial charge < -0.3 is 24.7 Å². The molecule has 2 aliphatic rings.